The number of fused-ring (bicyclic) bond motifs is 2. The smallest absolute Gasteiger partial charge is 0.290 e. The second kappa shape index (κ2) is 7.51. The number of rotatable bonds is 2. The summed E-state index contributed by atoms with van der Waals surface area (Å²) in [7, 11) is 1.85. The predicted molar refractivity (Wildman–Crippen MR) is 91.4 cm³/mol. The summed E-state index contributed by atoms with van der Waals surface area (Å²) >= 11 is 0. The summed E-state index contributed by atoms with van der Waals surface area (Å²) in [6.07, 6.45) is 5.85. The molecule has 138 valence electrons. The topological polar surface area (TPSA) is 117 Å². The summed E-state index contributed by atoms with van der Waals surface area (Å²) in [6.45, 7) is 0.488. The van der Waals surface area contributed by atoms with Gasteiger partial charge in [0, 0.05) is 32.3 Å². The summed E-state index contributed by atoms with van der Waals surface area (Å²) < 4.78 is 1.75. The Hall–Kier alpha value is -2.97. The van der Waals surface area contributed by atoms with Crippen molar-refractivity contribution >= 4 is 23.9 Å². The average Bonchev–Trinajstić information content (AvgIpc) is 3.27. The average molecular weight is 359 g/mol. The Labute approximate surface area is 150 Å². The van der Waals surface area contributed by atoms with Crippen LogP contribution in [0.2, 0.25) is 0 Å². The highest BCUT2D eigenvalue weighted by atomic mass is 16.3. The van der Waals surface area contributed by atoms with E-state index in [-0.39, 0.29) is 24.3 Å². The van der Waals surface area contributed by atoms with Crippen LogP contribution in [0.15, 0.2) is 24.7 Å². The van der Waals surface area contributed by atoms with Crippen molar-refractivity contribution in [2.75, 3.05) is 13.6 Å². The maximum Gasteiger partial charge on any atom is 0.290 e. The largest absolute Gasteiger partial charge is 0.483 e. The highest BCUT2D eigenvalue weighted by molar-refractivity contribution is 5.99. The number of nitrogens with one attached hydrogen (secondary N) is 1. The number of aromatic nitrogens is 3. The van der Waals surface area contributed by atoms with Crippen molar-refractivity contribution < 1.29 is 19.5 Å². The fourth-order valence-electron chi connectivity index (χ4n) is 3.93. The van der Waals surface area contributed by atoms with Gasteiger partial charge in [-0.25, -0.2) is 0 Å². The van der Waals surface area contributed by atoms with Crippen LogP contribution >= 0.6 is 0 Å². The third-order valence-corrected chi connectivity index (χ3v) is 5.25. The van der Waals surface area contributed by atoms with Crippen LogP contribution in [0.5, 0.6) is 0 Å². The van der Waals surface area contributed by atoms with Crippen molar-refractivity contribution in [3.05, 3.63) is 30.2 Å². The molecule has 0 aromatic carbocycles. The van der Waals surface area contributed by atoms with Gasteiger partial charge in [0.05, 0.1) is 5.56 Å². The summed E-state index contributed by atoms with van der Waals surface area (Å²) in [5.74, 6) is 0.977. The maximum absolute atomic E-state index is 12.9. The molecule has 0 bridgehead atoms. The Bertz CT molecular complexity index is 820. The fraction of sp³-hybridized carbons (Fsp3) is 0.471. The standard InChI is InChI=1S/C16H19N5O2.CH2O2/c1-20(12-5-10-7-14(22)17-8-11(10)6-12)16(23)13-3-2-4-21-9-18-19-15(13)21;2-1-3/h2-4,9-12H,5-8H2,1H3,(H,17,22);1H,(H,2,3)/t10-,11+,12-;/m0./s1. The first-order valence-corrected chi connectivity index (χ1v) is 8.45. The lowest BCUT2D eigenvalue weighted by Crippen LogP contribution is -2.38. The van der Waals surface area contributed by atoms with E-state index in [2.05, 4.69) is 15.5 Å². The van der Waals surface area contributed by atoms with Crippen LogP contribution < -0.4 is 5.32 Å². The molecule has 1 saturated heterocycles. The highest BCUT2D eigenvalue weighted by Gasteiger charge is 2.40. The normalized spacial score (nSPS) is 24.2. The summed E-state index contributed by atoms with van der Waals surface area (Å²) in [6, 6.07) is 3.79. The molecule has 1 aliphatic heterocycles. The first-order chi connectivity index (χ1) is 12.5. The lowest BCUT2D eigenvalue weighted by molar-refractivity contribution is -0.124. The zero-order chi connectivity index (χ0) is 18.7. The SMILES string of the molecule is CN(C(=O)c1cccn2cnnc12)[C@H]1C[C@H]2CC(=O)NC[C@H]2C1.O=CO. The Morgan fingerprint density at radius 3 is 2.92 bits per heavy atom. The summed E-state index contributed by atoms with van der Waals surface area (Å²) in [5, 5.41) is 17.7. The summed E-state index contributed by atoms with van der Waals surface area (Å²) in [4.78, 5) is 34.6. The molecule has 2 N–H and O–H groups in total. The van der Waals surface area contributed by atoms with E-state index in [1.807, 2.05) is 24.2 Å². The number of pyridine rings is 1. The first kappa shape index (κ1) is 17.8. The van der Waals surface area contributed by atoms with Gasteiger partial charge >= 0.3 is 0 Å². The van der Waals surface area contributed by atoms with Gasteiger partial charge in [0.15, 0.2) is 5.65 Å². The van der Waals surface area contributed by atoms with Gasteiger partial charge in [-0.1, -0.05) is 0 Å². The molecule has 0 spiro atoms. The van der Waals surface area contributed by atoms with Crippen LogP contribution in [-0.4, -0.2) is 62.5 Å². The van der Waals surface area contributed by atoms with Crippen molar-refractivity contribution in [1.82, 2.24) is 24.8 Å². The molecule has 9 nitrogen and oxygen atoms in total. The molecule has 9 heteroatoms. The molecule has 2 aliphatic rings. The molecule has 1 aliphatic carbocycles. The molecule has 3 atom stereocenters. The molecule has 1 saturated carbocycles. The minimum absolute atomic E-state index is 0.0356. The van der Waals surface area contributed by atoms with Gasteiger partial charge in [-0.3, -0.25) is 18.8 Å². The van der Waals surface area contributed by atoms with E-state index in [0.717, 1.165) is 19.4 Å². The number of nitrogens with zero attached hydrogens (tertiary/aromatic N) is 4. The minimum atomic E-state index is -0.250. The number of carboxylic acid groups (broad SMARTS) is 1. The van der Waals surface area contributed by atoms with Crippen LogP contribution in [-0.2, 0) is 9.59 Å². The van der Waals surface area contributed by atoms with Crippen molar-refractivity contribution in [3.63, 3.8) is 0 Å². The van der Waals surface area contributed by atoms with Crippen molar-refractivity contribution in [1.29, 1.82) is 0 Å². The zero-order valence-corrected chi connectivity index (χ0v) is 14.4. The number of hydrogen-bond donors (Lipinski definition) is 2. The van der Waals surface area contributed by atoms with Crippen molar-refractivity contribution in [3.8, 4) is 0 Å². The molecule has 4 rings (SSSR count). The van der Waals surface area contributed by atoms with Crippen LogP contribution in [0.3, 0.4) is 0 Å². The third-order valence-electron chi connectivity index (χ3n) is 5.25. The van der Waals surface area contributed by atoms with E-state index < -0.39 is 0 Å². The molecule has 26 heavy (non-hydrogen) atoms. The van der Waals surface area contributed by atoms with Crippen LogP contribution in [0.25, 0.3) is 5.65 Å². The molecule has 2 aromatic rings. The van der Waals surface area contributed by atoms with E-state index in [0.29, 0.717) is 29.5 Å². The van der Waals surface area contributed by atoms with Crippen LogP contribution in [0, 0.1) is 11.8 Å². The van der Waals surface area contributed by atoms with Gasteiger partial charge in [-0.15, -0.1) is 10.2 Å². The Kier molecular flexibility index (Phi) is 5.15. The number of carbonyl (C=O) groups excluding carboxylic acids is 2. The van der Waals surface area contributed by atoms with Gasteiger partial charge in [0.2, 0.25) is 5.91 Å². The summed E-state index contributed by atoms with van der Waals surface area (Å²) in [5.41, 5.74) is 1.15. The van der Waals surface area contributed by atoms with Crippen molar-refractivity contribution in [2.45, 2.75) is 25.3 Å². The van der Waals surface area contributed by atoms with E-state index >= 15 is 0 Å². The van der Waals surface area contributed by atoms with Crippen molar-refractivity contribution in [2.24, 2.45) is 11.8 Å². The van der Waals surface area contributed by atoms with Gasteiger partial charge in [0.25, 0.3) is 12.4 Å². The Balaban J connectivity index is 0.000000613. The lowest BCUT2D eigenvalue weighted by Gasteiger charge is -2.25. The fourth-order valence-corrected chi connectivity index (χ4v) is 3.93. The van der Waals surface area contributed by atoms with Gasteiger partial charge in [-0.05, 0) is 36.8 Å². The molecule has 2 fully saturated rings. The third kappa shape index (κ3) is 3.37. The van der Waals surface area contributed by atoms with Crippen LogP contribution in [0.4, 0.5) is 0 Å². The minimum Gasteiger partial charge on any atom is -0.483 e. The van der Waals surface area contributed by atoms with Crippen LogP contribution in [0.1, 0.15) is 29.6 Å². The molecule has 2 aromatic heterocycles. The van der Waals surface area contributed by atoms with E-state index in [1.54, 1.807) is 16.8 Å². The lowest BCUT2D eigenvalue weighted by atomic mass is 9.89. The Morgan fingerprint density at radius 2 is 2.15 bits per heavy atom. The van der Waals surface area contributed by atoms with E-state index in [9.17, 15) is 9.59 Å². The van der Waals surface area contributed by atoms with Gasteiger partial charge in [0.1, 0.15) is 6.33 Å². The quantitative estimate of drug-likeness (QED) is 0.751. The monoisotopic (exact) mass is 359 g/mol. The second-order valence-corrected chi connectivity index (χ2v) is 6.66. The zero-order valence-electron chi connectivity index (χ0n) is 14.4. The van der Waals surface area contributed by atoms with Gasteiger partial charge < -0.3 is 15.3 Å². The molecule has 0 unspecified atom stereocenters. The molecular formula is C17H21N5O4. The maximum atomic E-state index is 12.9. The number of piperidine rings is 1. The molecular weight excluding hydrogens is 338 g/mol. The molecule has 0 radical (unpaired) electrons. The highest BCUT2D eigenvalue weighted by Crippen LogP contribution is 2.38. The number of amides is 2. The number of carbonyl (C=O) groups is 3. The second-order valence-electron chi connectivity index (χ2n) is 6.66. The van der Waals surface area contributed by atoms with E-state index in [4.69, 9.17) is 9.90 Å². The Morgan fingerprint density at radius 1 is 1.42 bits per heavy atom. The molecule has 2 amide bonds. The predicted octanol–water partition coefficient (Wildman–Crippen LogP) is 0.417. The first-order valence-electron chi connectivity index (χ1n) is 8.45. The van der Waals surface area contributed by atoms with Gasteiger partial charge in [-0.2, -0.15) is 0 Å². The molecule has 3 heterocycles. The van der Waals surface area contributed by atoms with E-state index in [1.165, 1.54) is 0 Å². The number of hydrogen-bond acceptors (Lipinski definition) is 5.